The van der Waals surface area contributed by atoms with E-state index in [-0.39, 0.29) is 10.8 Å². The highest BCUT2D eigenvalue weighted by Crippen LogP contribution is 2.21. The van der Waals surface area contributed by atoms with E-state index in [9.17, 15) is 13.2 Å². The zero-order chi connectivity index (χ0) is 18.6. The molecule has 134 valence electrons. The molecule has 0 fully saturated rings. The van der Waals surface area contributed by atoms with Crippen LogP contribution >= 0.6 is 0 Å². The molecule has 1 amide bonds. The van der Waals surface area contributed by atoms with Crippen LogP contribution in [-0.2, 0) is 21.2 Å². The van der Waals surface area contributed by atoms with Crippen molar-refractivity contribution in [3.05, 3.63) is 59.2 Å². The summed E-state index contributed by atoms with van der Waals surface area (Å²) in [4.78, 5) is 12.6. The molecule has 0 unspecified atom stereocenters. The van der Waals surface area contributed by atoms with Crippen molar-refractivity contribution in [3.8, 4) is 0 Å². The number of carbonyl (C=O) groups is 1. The van der Waals surface area contributed by atoms with Crippen molar-refractivity contribution in [2.45, 2.75) is 45.1 Å². The molecular weight excluding hydrogens is 336 g/mol. The van der Waals surface area contributed by atoms with E-state index in [0.29, 0.717) is 0 Å². The molecule has 2 aromatic rings. The van der Waals surface area contributed by atoms with Gasteiger partial charge in [-0.05, 0) is 50.5 Å². The van der Waals surface area contributed by atoms with Crippen molar-refractivity contribution < 1.29 is 13.2 Å². The maximum atomic E-state index is 12.5. The first kappa shape index (κ1) is 19.1. The Kier molecular flexibility index (Phi) is 5.98. The largest absolute Gasteiger partial charge is 0.324 e. The van der Waals surface area contributed by atoms with Crippen LogP contribution in [-0.4, -0.2) is 20.4 Å². The van der Waals surface area contributed by atoms with Gasteiger partial charge in [0.15, 0.2) is 0 Å². The lowest BCUT2D eigenvalue weighted by Crippen LogP contribution is -2.41. The fourth-order valence-corrected chi connectivity index (χ4v) is 3.71. The Hall–Kier alpha value is -2.18. The van der Waals surface area contributed by atoms with E-state index in [0.717, 1.165) is 28.8 Å². The first-order chi connectivity index (χ1) is 11.7. The summed E-state index contributed by atoms with van der Waals surface area (Å²) in [5, 5.41) is 2.85. The third-order valence-corrected chi connectivity index (χ3v) is 5.60. The number of benzene rings is 2. The summed E-state index contributed by atoms with van der Waals surface area (Å²) in [6, 6.07) is 11.4. The normalized spacial score (nSPS) is 12.6. The van der Waals surface area contributed by atoms with Crippen LogP contribution in [0.1, 0.15) is 30.5 Å². The molecule has 0 aromatic heterocycles. The van der Waals surface area contributed by atoms with Gasteiger partial charge in [-0.2, -0.15) is 4.72 Å². The lowest BCUT2D eigenvalue weighted by molar-refractivity contribution is -0.117. The van der Waals surface area contributed by atoms with Crippen molar-refractivity contribution >= 4 is 21.6 Å². The summed E-state index contributed by atoms with van der Waals surface area (Å²) in [6.45, 7) is 7.34. The van der Waals surface area contributed by atoms with Gasteiger partial charge >= 0.3 is 0 Å². The van der Waals surface area contributed by atoms with Crippen molar-refractivity contribution in [3.63, 3.8) is 0 Å². The number of nitrogens with one attached hydrogen (secondary N) is 2. The fraction of sp³-hybridized carbons (Fsp3) is 0.316. The maximum absolute atomic E-state index is 12.5. The molecular formula is C19H24N2O3S. The quantitative estimate of drug-likeness (QED) is 0.831. The second kappa shape index (κ2) is 7.80. The highest BCUT2D eigenvalue weighted by Gasteiger charge is 2.22. The number of amides is 1. The summed E-state index contributed by atoms with van der Waals surface area (Å²) >= 11 is 0. The summed E-state index contributed by atoms with van der Waals surface area (Å²) in [7, 11) is -3.75. The lowest BCUT2D eigenvalue weighted by Gasteiger charge is -2.17. The zero-order valence-electron chi connectivity index (χ0n) is 15.0. The summed E-state index contributed by atoms with van der Waals surface area (Å²) in [5.74, 6) is -0.389. The van der Waals surface area contributed by atoms with E-state index in [1.807, 2.05) is 39.0 Å². The van der Waals surface area contributed by atoms with Crippen LogP contribution in [0.25, 0.3) is 0 Å². The Morgan fingerprint density at radius 2 is 1.72 bits per heavy atom. The number of sulfonamides is 1. The predicted octanol–water partition coefficient (Wildman–Crippen LogP) is 3.17. The minimum atomic E-state index is -3.75. The molecule has 2 N–H and O–H groups in total. The molecule has 0 saturated heterocycles. The monoisotopic (exact) mass is 360 g/mol. The van der Waals surface area contributed by atoms with Gasteiger partial charge in [0.05, 0.1) is 10.9 Å². The first-order valence-corrected chi connectivity index (χ1v) is 9.71. The van der Waals surface area contributed by atoms with Crippen LogP contribution in [0.15, 0.2) is 47.4 Å². The number of para-hydroxylation sites is 1. The summed E-state index contributed by atoms with van der Waals surface area (Å²) < 4.78 is 27.2. The molecule has 0 heterocycles. The van der Waals surface area contributed by atoms with E-state index >= 15 is 0 Å². The van der Waals surface area contributed by atoms with Gasteiger partial charge in [0.2, 0.25) is 15.9 Å². The molecule has 0 radical (unpaired) electrons. The van der Waals surface area contributed by atoms with E-state index < -0.39 is 16.1 Å². The number of hydrogen-bond donors (Lipinski definition) is 2. The van der Waals surface area contributed by atoms with Crippen molar-refractivity contribution in [1.29, 1.82) is 0 Å². The molecule has 25 heavy (non-hydrogen) atoms. The van der Waals surface area contributed by atoms with E-state index in [2.05, 4.69) is 10.0 Å². The van der Waals surface area contributed by atoms with Crippen molar-refractivity contribution in [2.24, 2.45) is 0 Å². The molecule has 0 bridgehead atoms. The van der Waals surface area contributed by atoms with Gasteiger partial charge in [-0.1, -0.05) is 42.8 Å². The van der Waals surface area contributed by atoms with Crippen molar-refractivity contribution in [1.82, 2.24) is 4.72 Å². The van der Waals surface area contributed by atoms with Crippen LogP contribution < -0.4 is 10.0 Å². The lowest BCUT2D eigenvalue weighted by atomic mass is 10.1. The predicted molar refractivity (Wildman–Crippen MR) is 100 cm³/mol. The average molecular weight is 360 g/mol. The minimum Gasteiger partial charge on any atom is -0.324 e. The highest BCUT2D eigenvalue weighted by atomic mass is 32.2. The second-order valence-electron chi connectivity index (χ2n) is 6.11. The molecule has 0 saturated carbocycles. The van der Waals surface area contributed by atoms with Crippen LogP contribution in [0.4, 0.5) is 5.69 Å². The Balaban J connectivity index is 2.14. The van der Waals surface area contributed by atoms with Crippen LogP contribution in [0.5, 0.6) is 0 Å². The third kappa shape index (κ3) is 4.67. The van der Waals surface area contributed by atoms with Gasteiger partial charge in [-0.3, -0.25) is 4.79 Å². The second-order valence-corrected chi connectivity index (χ2v) is 7.82. The maximum Gasteiger partial charge on any atom is 0.242 e. The number of anilines is 1. The molecule has 0 aliphatic heterocycles. The van der Waals surface area contributed by atoms with E-state index in [1.54, 1.807) is 12.1 Å². The molecule has 2 aromatic carbocycles. The molecule has 0 aliphatic rings. The number of rotatable bonds is 6. The minimum absolute atomic E-state index is 0.142. The highest BCUT2D eigenvalue weighted by molar-refractivity contribution is 7.89. The van der Waals surface area contributed by atoms with Gasteiger partial charge < -0.3 is 5.32 Å². The molecule has 0 spiro atoms. The topological polar surface area (TPSA) is 75.3 Å². The van der Waals surface area contributed by atoms with Gasteiger partial charge in [0, 0.05) is 5.69 Å². The first-order valence-electron chi connectivity index (χ1n) is 8.23. The number of hydrogen-bond acceptors (Lipinski definition) is 3. The smallest absolute Gasteiger partial charge is 0.242 e. The van der Waals surface area contributed by atoms with Crippen LogP contribution in [0, 0.1) is 13.8 Å². The Morgan fingerprint density at radius 3 is 2.32 bits per heavy atom. The third-order valence-electron chi connectivity index (χ3n) is 4.04. The Bertz CT molecular complexity index is 859. The van der Waals surface area contributed by atoms with Gasteiger partial charge in [0.1, 0.15) is 0 Å². The summed E-state index contributed by atoms with van der Waals surface area (Å²) in [6.07, 6.45) is 0.779. The number of aryl methyl sites for hydroxylation is 3. The Labute approximate surface area is 149 Å². The van der Waals surface area contributed by atoms with Gasteiger partial charge in [-0.15, -0.1) is 0 Å². The van der Waals surface area contributed by atoms with E-state index in [1.165, 1.54) is 19.1 Å². The SMILES string of the molecule is CCc1cccc(C)c1NC(=O)[C@H](C)NS(=O)(=O)c1ccc(C)cc1. The average Bonchev–Trinajstić information content (AvgIpc) is 2.56. The van der Waals surface area contributed by atoms with Gasteiger partial charge in [0.25, 0.3) is 0 Å². The molecule has 1 atom stereocenters. The zero-order valence-corrected chi connectivity index (χ0v) is 15.8. The fourth-order valence-electron chi connectivity index (χ4n) is 2.51. The van der Waals surface area contributed by atoms with Gasteiger partial charge in [-0.25, -0.2) is 8.42 Å². The summed E-state index contributed by atoms with van der Waals surface area (Å²) in [5.41, 5.74) is 3.68. The van der Waals surface area contributed by atoms with Crippen LogP contribution in [0.3, 0.4) is 0 Å². The standard InChI is InChI=1S/C19H24N2O3S/c1-5-16-8-6-7-14(3)18(16)20-19(22)15(4)21-25(23,24)17-11-9-13(2)10-12-17/h6-12,15,21H,5H2,1-4H3,(H,20,22)/t15-/m0/s1. The molecule has 2 rings (SSSR count). The van der Waals surface area contributed by atoms with Crippen molar-refractivity contribution in [2.75, 3.05) is 5.32 Å². The number of carbonyl (C=O) groups excluding carboxylic acids is 1. The van der Waals surface area contributed by atoms with Crippen LogP contribution in [0.2, 0.25) is 0 Å². The Morgan fingerprint density at radius 1 is 1.08 bits per heavy atom. The molecule has 0 aliphatic carbocycles. The van der Waals surface area contributed by atoms with E-state index in [4.69, 9.17) is 0 Å². The molecule has 6 heteroatoms. The molecule has 5 nitrogen and oxygen atoms in total.